The second kappa shape index (κ2) is 11.0. The van der Waals surface area contributed by atoms with Crippen LogP contribution in [0.3, 0.4) is 0 Å². The van der Waals surface area contributed by atoms with E-state index in [4.69, 9.17) is 10.7 Å². The molecule has 4 aromatic rings. The van der Waals surface area contributed by atoms with Crippen molar-refractivity contribution in [2.45, 2.75) is 25.0 Å². The zero-order chi connectivity index (χ0) is 24.8. The van der Waals surface area contributed by atoms with Crippen molar-refractivity contribution in [1.82, 2.24) is 14.5 Å². The minimum Gasteiger partial charge on any atom is -0.370 e. The number of thioether (sulfide) groups is 1. The maximum Gasteiger partial charge on any atom is 0.266 e. The number of benzene rings is 3. The number of nitrogens with zero attached hydrogens (tertiary/aromatic N) is 3. The highest BCUT2D eigenvalue weighted by Crippen LogP contribution is 2.23. The van der Waals surface area contributed by atoms with Crippen LogP contribution < -0.4 is 11.3 Å². The zero-order valence-electron chi connectivity index (χ0n) is 19.4. The molecule has 0 bridgehead atoms. The minimum absolute atomic E-state index is 0.0578. The van der Waals surface area contributed by atoms with Gasteiger partial charge in [0.2, 0.25) is 11.8 Å². The van der Waals surface area contributed by atoms with Crippen molar-refractivity contribution in [2.75, 3.05) is 12.3 Å². The number of hydrogen-bond donors (Lipinski definition) is 1. The van der Waals surface area contributed by atoms with Crippen LogP contribution in [0.4, 0.5) is 0 Å². The molecule has 0 atom stereocenters. The fourth-order valence-corrected chi connectivity index (χ4v) is 4.70. The van der Waals surface area contributed by atoms with Gasteiger partial charge in [-0.25, -0.2) is 4.98 Å². The van der Waals surface area contributed by atoms with Gasteiger partial charge in [-0.2, -0.15) is 0 Å². The molecule has 0 spiro atoms. The number of amides is 2. The number of carbonyl (C=O) groups is 2. The second-order valence-corrected chi connectivity index (χ2v) is 9.09. The Labute approximate surface area is 207 Å². The summed E-state index contributed by atoms with van der Waals surface area (Å²) in [6.45, 7) is 2.52. The maximum atomic E-state index is 13.5. The molecule has 1 aromatic heterocycles. The van der Waals surface area contributed by atoms with Crippen molar-refractivity contribution in [3.8, 4) is 5.69 Å². The molecule has 2 N–H and O–H groups in total. The van der Waals surface area contributed by atoms with Crippen molar-refractivity contribution in [1.29, 1.82) is 0 Å². The van der Waals surface area contributed by atoms with Crippen LogP contribution in [0.5, 0.6) is 0 Å². The van der Waals surface area contributed by atoms with Gasteiger partial charge in [-0.15, -0.1) is 0 Å². The number of aryl methyl sites for hydroxylation is 1. The van der Waals surface area contributed by atoms with E-state index in [0.29, 0.717) is 22.6 Å². The van der Waals surface area contributed by atoms with E-state index in [1.807, 2.05) is 73.7 Å². The van der Waals surface area contributed by atoms with Gasteiger partial charge in [0.15, 0.2) is 5.16 Å². The molecule has 0 radical (unpaired) electrons. The van der Waals surface area contributed by atoms with Crippen LogP contribution in [0, 0.1) is 6.92 Å². The first-order valence-corrected chi connectivity index (χ1v) is 12.2. The van der Waals surface area contributed by atoms with E-state index in [2.05, 4.69) is 0 Å². The average molecular weight is 487 g/mol. The monoisotopic (exact) mass is 486 g/mol. The Hall–Kier alpha value is -3.91. The molecule has 178 valence electrons. The van der Waals surface area contributed by atoms with Gasteiger partial charge in [0.1, 0.15) is 0 Å². The Morgan fingerprint density at radius 3 is 2.40 bits per heavy atom. The third-order valence-electron chi connectivity index (χ3n) is 5.62. The van der Waals surface area contributed by atoms with E-state index in [1.165, 1.54) is 11.8 Å². The van der Waals surface area contributed by atoms with Crippen LogP contribution in [-0.2, 0) is 16.1 Å². The lowest BCUT2D eigenvalue weighted by atomic mass is 10.2. The summed E-state index contributed by atoms with van der Waals surface area (Å²) in [5, 5.41) is 0.949. The topological polar surface area (TPSA) is 98.3 Å². The smallest absolute Gasteiger partial charge is 0.266 e. The van der Waals surface area contributed by atoms with Crippen LogP contribution in [-0.4, -0.2) is 38.6 Å². The number of rotatable bonds is 9. The molecular weight excluding hydrogens is 460 g/mol. The fourth-order valence-electron chi connectivity index (χ4n) is 3.79. The first-order valence-electron chi connectivity index (χ1n) is 11.2. The summed E-state index contributed by atoms with van der Waals surface area (Å²) in [5.41, 5.74) is 8.33. The van der Waals surface area contributed by atoms with Gasteiger partial charge in [-0.3, -0.25) is 19.0 Å². The van der Waals surface area contributed by atoms with Crippen LogP contribution in [0.1, 0.15) is 17.5 Å². The van der Waals surface area contributed by atoms with E-state index in [-0.39, 0.29) is 30.2 Å². The summed E-state index contributed by atoms with van der Waals surface area (Å²) < 4.78 is 1.57. The van der Waals surface area contributed by atoms with Gasteiger partial charge in [-0.05, 0) is 36.2 Å². The Kier molecular flexibility index (Phi) is 7.62. The molecule has 1 heterocycles. The molecule has 0 aliphatic carbocycles. The van der Waals surface area contributed by atoms with E-state index >= 15 is 0 Å². The molecule has 0 saturated carbocycles. The minimum atomic E-state index is -0.465. The predicted molar refractivity (Wildman–Crippen MR) is 138 cm³/mol. The highest BCUT2D eigenvalue weighted by molar-refractivity contribution is 7.99. The number of hydrogen-bond acceptors (Lipinski definition) is 5. The van der Waals surface area contributed by atoms with E-state index in [0.717, 1.165) is 16.8 Å². The SMILES string of the molecule is Cc1ccccc1-n1c(SCC(=O)N(CCC(N)=O)Cc2ccccc2)nc2ccccc2c1=O. The van der Waals surface area contributed by atoms with Gasteiger partial charge in [0.25, 0.3) is 5.56 Å². The molecule has 0 unspecified atom stereocenters. The molecule has 0 saturated heterocycles. The number of fused-ring (bicyclic) bond motifs is 1. The Morgan fingerprint density at radius 2 is 1.66 bits per heavy atom. The molecule has 8 heteroatoms. The third-order valence-corrected chi connectivity index (χ3v) is 6.55. The van der Waals surface area contributed by atoms with E-state index < -0.39 is 5.91 Å². The van der Waals surface area contributed by atoms with Crippen LogP contribution in [0.2, 0.25) is 0 Å². The zero-order valence-corrected chi connectivity index (χ0v) is 20.2. The maximum absolute atomic E-state index is 13.5. The van der Waals surface area contributed by atoms with Gasteiger partial charge < -0.3 is 10.6 Å². The molecule has 0 aliphatic rings. The molecule has 2 amide bonds. The molecule has 0 fully saturated rings. The highest BCUT2D eigenvalue weighted by Gasteiger charge is 2.19. The number of nitrogens with two attached hydrogens (primary N) is 1. The Morgan fingerprint density at radius 1 is 0.971 bits per heavy atom. The largest absolute Gasteiger partial charge is 0.370 e. The molecular formula is C27H26N4O3S. The normalized spacial score (nSPS) is 10.9. The first-order chi connectivity index (χ1) is 16.9. The summed E-state index contributed by atoms with van der Waals surface area (Å²) in [6, 6.07) is 24.3. The van der Waals surface area contributed by atoms with Crippen molar-refractivity contribution in [3.63, 3.8) is 0 Å². The van der Waals surface area contributed by atoms with E-state index in [9.17, 15) is 14.4 Å². The summed E-state index contributed by atoms with van der Waals surface area (Å²) >= 11 is 1.21. The summed E-state index contributed by atoms with van der Waals surface area (Å²) in [6.07, 6.45) is 0.0748. The fraction of sp³-hybridized carbons (Fsp3) is 0.185. The van der Waals surface area contributed by atoms with Gasteiger partial charge in [-0.1, -0.05) is 72.4 Å². The summed E-state index contributed by atoms with van der Waals surface area (Å²) in [4.78, 5) is 44.4. The lowest BCUT2D eigenvalue weighted by Gasteiger charge is -2.22. The average Bonchev–Trinajstić information content (AvgIpc) is 2.86. The van der Waals surface area contributed by atoms with Crippen molar-refractivity contribution >= 4 is 34.5 Å². The number of primary amides is 1. The first kappa shape index (κ1) is 24.2. The summed E-state index contributed by atoms with van der Waals surface area (Å²) in [5.74, 6) is -0.575. The third kappa shape index (κ3) is 5.78. The molecule has 3 aromatic carbocycles. The molecule has 4 rings (SSSR count). The molecule has 7 nitrogen and oxygen atoms in total. The van der Waals surface area contributed by atoms with Crippen LogP contribution in [0.25, 0.3) is 16.6 Å². The molecule has 35 heavy (non-hydrogen) atoms. The van der Waals surface area contributed by atoms with E-state index in [1.54, 1.807) is 21.6 Å². The quantitative estimate of drug-likeness (QED) is 0.287. The lowest BCUT2D eigenvalue weighted by molar-refractivity contribution is -0.129. The summed E-state index contributed by atoms with van der Waals surface area (Å²) in [7, 11) is 0. The Bertz CT molecular complexity index is 1420. The van der Waals surface area contributed by atoms with Gasteiger partial charge >= 0.3 is 0 Å². The number of aromatic nitrogens is 2. The molecule has 0 aliphatic heterocycles. The highest BCUT2D eigenvalue weighted by atomic mass is 32.2. The van der Waals surface area contributed by atoms with Crippen molar-refractivity contribution < 1.29 is 9.59 Å². The number of para-hydroxylation sites is 2. The van der Waals surface area contributed by atoms with Crippen molar-refractivity contribution in [2.24, 2.45) is 5.73 Å². The Balaban J connectivity index is 1.65. The number of carbonyl (C=O) groups excluding carboxylic acids is 2. The standard InChI is InChI=1S/C27H26N4O3S/c1-19-9-5-8-14-23(19)31-26(34)21-12-6-7-13-22(21)29-27(31)35-18-25(33)30(16-15-24(28)32)17-20-10-3-2-4-11-20/h2-14H,15-18H2,1H3,(H2,28,32). The van der Waals surface area contributed by atoms with Crippen molar-refractivity contribution in [3.05, 3.63) is 100 Å². The van der Waals surface area contributed by atoms with Crippen LogP contribution in [0.15, 0.2) is 88.8 Å². The predicted octanol–water partition coefficient (Wildman–Crippen LogP) is 3.69. The lowest BCUT2D eigenvalue weighted by Crippen LogP contribution is -2.35. The van der Waals surface area contributed by atoms with Crippen LogP contribution >= 0.6 is 11.8 Å². The van der Waals surface area contributed by atoms with Gasteiger partial charge in [0.05, 0.1) is 22.3 Å². The van der Waals surface area contributed by atoms with Gasteiger partial charge in [0, 0.05) is 19.5 Å². The second-order valence-electron chi connectivity index (χ2n) is 8.14.